The monoisotopic (exact) mass is 1390 g/mol. The summed E-state index contributed by atoms with van der Waals surface area (Å²) in [6.07, 6.45) is 3.68. The SMILES string of the molecule is CCc1nc2ccc(C(=O)CCCOCCOCCC(=O)C[C@H](C(=O)NC(CCCNC(N)=O)C(=O)Cc3ccc(C[C@@H](CN=[N+]=[N-])NC(=O)[C@H](C)[C@@H](OC)[C@@H]4CCCN4C(=O)C[C@@H](OC)[C@H]([C@@H](C)CC)N(C)C(=O)[C@@H](CC(=O)[C@H](C(C)C)N(C)C)C(C)C)cc3)C(C)C)cc2nc1CC. The number of rotatable bonds is 48. The summed E-state index contributed by atoms with van der Waals surface area (Å²) in [4.78, 5) is 141. The number of likely N-dealkylation sites (tertiary alicyclic amines) is 1. The van der Waals surface area contributed by atoms with E-state index < -0.39 is 66.1 Å². The molecule has 1 aliphatic heterocycles. The number of hydrogen-bond donors (Lipinski definition) is 4. The number of carbonyl (C=O) groups excluding carboxylic acids is 9. The van der Waals surface area contributed by atoms with Gasteiger partial charge in [-0.1, -0.05) is 112 Å². The number of urea groups is 1. The first kappa shape index (κ1) is 85.1. The number of nitrogens with two attached hydrogens (primary N) is 1. The number of Topliss-reactive ketones (excluding diaryl/α,β-unsaturated/α-hetero) is 4. The lowest BCUT2D eigenvalue weighted by Crippen LogP contribution is -2.54. The van der Waals surface area contributed by atoms with Crippen molar-refractivity contribution in [1.29, 1.82) is 0 Å². The van der Waals surface area contributed by atoms with Crippen LogP contribution < -0.4 is 21.7 Å². The normalized spacial score (nSPS) is 16.2. The van der Waals surface area contributed by atoms with Gasteiger partial charge in [-0.25, -0.2) is 14.8 Å². The van der Waals surface area contributed by atoms with Crippen LogP contribution in [0.1, 0.15) is 180 Å². The van der Waals surface area contributed by atoms with E-state index in [2.05, 4.69) is 32.9 Å². The molecule has 11 atom stereocenters. The fraction of sp³-hybridized carbons (Fsp3) is 0.693. The maximum atomic E-state index is 14.6. The van der Waals surface area contributed by atoms with E-state index in [-0.39, 0.29) is 148 Å². The lowest BCUT2D eigenvalue weighted by Gasteiger charge is -2.41. The Labute approximate surface area is 593 Å². The average molecular weight is 1400 g/mol. The summed E-state index contributed by atoms with van der Waals surface area (Å²) < 4.78 is 23.6. The van der Waals surface area contributed by atoms with Crippen LogP contribution in [0.4, 0.5) is 4.79 Å². The van der Waals surface area contributed by atoms with Crippen LogP contribution in [0.15, 0.2) is 47.6 Å². The molecule has 1 aliphatic rings. The molecule has 2 heterocycles. The van der Waals surface area contributed by atoms with Crippen LogP contribution in [0.5, 0.6) is 0 Å². The number of amides is 6. The van der Waals surface area contributed by atoms with Gasteiger partial charge in [-0.3, -0.25) is 43.3 Å². The van der Waals surface area contributed by atoms with Gasteiger partial charge in [0.25, 0.3) is 0 Å². The van der Waals surface area contributed by atoms with E-state index >= 15 is 0 Å². The quantitative estimate of drug-likeness (QED) is 0.0134. The summed E-state index contributed by atoms with van der Waals surface area (Å²) in [5.74, 6) is -4.13. The molecule has 0 bridgehead atoms. The number of ether oxygens (including phenoxy) is 4. The van der Waals surface area contributed by atoms with Crippen molar-refractivity contribution in [3.05, 3.63) is 81.0 Å². The van der Waals surface area contributed by atoms with E-state index in [1.165, 1.54) is 7.11 Å². The van der Waals surface area contributed by atoms with Crippen molar-refractivity contribution in [3.8, 4) is 0 Å². The first-order valence-corrected chi connectivity index (χ1v) is 36.1. The summed E-state index contributed by atoms with van der Waals surface area (Å²) in [5, 5.41) is 12.3. The van der Waals surface area contributed by atoms with E-state index in [4.69, 9.17) is 34.6 Å². The molecule has 25 heteroatoms. The van der Waals surface area contributed by atoms with Crippen LogP contribution in [0.2, 0.25) is 0 Å². The number of aryl methyl sites for hydroxylation is 2. The number of hydrogen-bond acceptors (Lipinski definition) is 17. The Morgan fingerprint density at radius 3 is 1.95 bits per heavy atom. The van der Waals surface area contributed by atoms with Crippen molar-refractivity contribution in [2.45, 2.75) is 215 Å². The van der Waals surface area contributed by atoms with E-state index in [9.17, 15) is 48.7 Å². The Kier molecular flexibility index (Phi) is 37.0. The molecule has 556 valence electrons. The van der Waals surface area contributed by atoms with Gasteiger partial charge in [0, 0.05) is 108 Å². The van der Waals surface area contributed by atoms with Gasteiger partial charge in [0.1, 0.15) is 5.78 Å². The number of nitrogens with one attached hydrogen (secondary N) is 3. The Balaban J connectivity index is 1.33. The predicted molar refractivity (Wildman–Crippen MR) is 386 cm³/mol. The lowest BCUT2D eigenvalue weighted by atomic mass is 9.83. The minimum atomic E-state index is -0.959. The first-order chi connectivity index (χ1) is 47.5. The largest absolute Gasteiger partial charge is 0.379 e. The molecule has 3 aromatic rings. The van der Waals surface area contributed by atoms with Crippen molar-refractivity contribution in [1.82, 2.24) is 40.6 Å². The lowest BCUT2D eigenvalue weighted by molar-refractivity contribution is -0.149. The maximum Gasteiger partial charge on any atom is 0.312 e. The minimum absolute atomic E-state index is 0.00457. The summed E-state index contributed by atoms with van der Waals surface area (Å²) in [6.45, 7) is 23.0. The highest BCUT2D eigenvalue weighted by molar-refractivity contribution is 5.99. The molecular formula is C75H118N12O13. The molecule has 100 heavy (non-hydrogen) atoms. The standard InChI is InChI=1S/C75H118N12O13/c1-17-49(10)70(86(14)74(95)57(47(6)7)43-66(91)69(48(8)9)85(12)13)67(97-15)44-68(92)87-34-21-24-63(87)71(98-16)50(11)72(93)80-54(45-79-84-77)39-51-26-28-52(29-27-51)40-65(90)61(23-20-33-78-75(76)96)83-73(94)56(46(4)5)42-55(88)32-36-100-38-37-99-35-22-25-64(89)53-30-31-60-62(41-53)82-59(19-3)58(18-2)81-60/h26-31,41,46-50,54,56-57,61,63,67,69-71H,17-25,32-40,42-45H2,1-16H3,(H,80,93)(H,83,94)(H3,76,78,96)/t49-,50+,54-,56-,57-,61?,63-,67+,69-,70-,71+/m0/s1. The van der Waals surface area contributed by atoms with Gasteiger partial charge < -0.3 is 50.4 Å². The van der Waals surface area contributed by atoms with Gasteiger partial charge in [-0.05, 0) is 124 Å². The molecule has 1 fully saturated rings. The van der Waals surface area contributed by atoms with Crippen LogP contribution in [0.3, 0.4) is 0 Å². The summed E-state index contributed by atoms with van der Waals surface area (Å²) in [6, 6.07) is 8.97. The van der Waals surface area contributed by atoms with Gasteiger partial charge in [0.2, 0.25) is 23.6 Å². The zero-order chi connectivity index (χ0) is 74.3. The molecule has 4 rings (SSSR count). The Morgan fingerprint density at radius 1 is 0.730 bits per heavy atom. The Hall–Kier alpha value is -7.28. The molecule has 5 N–H and O–H groups in total. The van der Waals surface area contributed by atoms with Crippen molar-refractivity contribution in [2.24, 2.45) is 52.3 Å². The smallest absolute Gasteiger partial charge is 0.312 e. The highest BCUT2D eigenvalue weighted by Gasteiger charge is 2.44. The van der Waals surface area contributed by atoms with Crippen molar-refractivity contribution in [3.63, 3.8) is 0 Å². The Morgan fingerprint density at radius 2 is 1.37 bits per heavy atom. The number of benzene rings is 2. The molecular weight excluding hydrogens is 1280 g/mol. The number of methoxy groups -OCH3 is 2. The van der Waals surface area contributed by atoms with Gasteiger partial charge >= 0.3 is 6.03 Å². The number of nitrogens with zero attached hydrogens (tertiary/aromatic N) is 8. The van der Waals surface area contributed by atoms with Crippen molar-refractivity contribution < 1.29 is 62.1 Å². The number of azide groups is 1. The molecule has 0 saturated carbocycles. The zero-order valence-electron chi connectivity index (χ0n) is 62.6. The zero-order valence-corrected chi connectivity index (χ0v) is 62.6. The first-order valence-electron chi connectivity index (χ1n) is 36.1. The van der Waals surface area contributed by atoms with Gasteiger partial charge in [-0.2, -0.15) is 0 Å². The molecule has 0 spiro atoms. The fourth-order valence-corrected chi connectivity index (χ4v) is 13.7. The third-order valence-corrected chi connectivity index (χ3v) is 19.6. The third kappa shape index (κ3) is 26.3. The van der Waals surface area contributed by atoms with Gasteiger partial charge in [0.15, 0.2) is 17.3 Å². The van der Waals surface area contributed by atoms with Crippen LogP contribution in [-0.2, 0) is 78.2 Å². The number of primary amides is 1. The van der Waals surface area contributed by atoms with E-state index in [0.717, 1.165) is 35.3 Å². The maximum absolute atomic E-state index is 14.6. The van der Waals surface area contributed by atoms with Crippen LogP contribution >= 0.6 is 0 Å². The van der Waals surface area contributed by atoms with Crippen LogP contribution in [-0.4, -0.2) is 201 Å². The highest BCUT2D eigenvalue weighted by Crippen LogP contribution is 2.32. The Bertz CT molecular complexity index is 3180. The van der Waals surface area contributed by atoms with Crippen LogP contribution in [0.25, 0.3) is 21.5 Å². The average Bonchev–Trinajstić information content (AvgIpc) is 1.33. The fourth-order valence-electron chi connectivity index (χ4n) is 13.7. The number of fused-ring (bicyclic) bond motifs is 1. The molecule has 0 radical (unpaired) electrons. The molecule has 25 nitrogen and oxygen atoms in total. The summed E-state index contributed by atoms with van der Waals surface area (Å²) >= 11 is 0. The number of carbonyl (C=O) groups is 9. The van der Waals surface area contributed by atoms with Crippen molar-refractivity contribution in [2.75, 3.05) is 81.4 Å². The molecule has 1 unspecified atom stereocenters. The van der Waals surface area contributed by atoms with E-state index in [1.807, 2.05) is 99.5 Å². The van der Waals surface area contributed by atoms with Crippen LogP contribution in [0, 0.1) is 41.4 Å². The second-order valence-electron chi connectivity index (χ2n) is 28.2. The number of ketones is 4. The second kappa shape index (κ2) is 43.5. The molecule has 1 aromatic heterocycles. The number of aromatic nitrogens is 2. The van der Waals surface area contributed by atoms with E-state index in [0.29, 0.717) is 68.3 Å². The summed E-state index contributed by atoms with van der Waals surface area (Å²) in [7, 11) is 8.55. The predicted octanol–water partition coefficient (Wildman–Crippen LogP) is 9.19. The van der Waals surface area contributed by atoms with E-state index in [1.54, 1.807) is 55.1 Å². The molecule has 0 aliphatic carbocycles. The molecule has 2 aromatic carbocycles. The second-order valence-corrected chi connectivity index (χ2v) is 28.2. The topological polar surface area (TPSA) is 337 Å². The number of likely N-dealkylation sites (N-methyl/N-ethyl adjacent to an activating group) is 2. The van der Waals surface area contributed by atoms with Crippen molar-refractivity contribution >= 4 is 63.8 Å². The highest BCUT2D eigenvalue weighted by atomic mass is 16.5. The minimum Gasteiger partial charge on any atom is -0.379 e. The summed E-state index contributed by atoms with van der Waals surface area (Å²) in [5.41, 5.74) is 20.1. The molecule has 1 saturated heterocycles. The van der Waals surface area contributed by atoms with Gasteiger partial charge in [-0.15, -0.1) is 0 Å². The third-order valence-electron chi connectivity index (χ3n) is 19.6. The molecule has 6 amide bonds. The van der Waals surface area contributed by atoms with Gasteiger partial charge in [0.05, 0.1) is 91.0 Å².